The molecule has 10 aromatic carbocycles. The lowest BCUT2D eigenvalue weighted by Gasteiger charge is -2.17. The van der Waals surface area contributed by atoms with E-state index in [0.717, 1.165) is 105 Å². The van der Waals surface area contributed by atoms with Gasteiger partial charge < -0.3 is 9.13 Å². The summed E-state index contributed by atoms with van der Waals surface area (Å²) in [6.07, 6.45) is 0. The van der Waals surface area contributed by atoms with Crippen LogP contribution in [0.2, 0.25) is 0 Å². The molecule has 0 fully saturated rings. The summed E-state index contributed by atoms with van der Waals surface area (Å²) < 4.78 is 4.56. The van der Waals surface area contributed by atoms with Crippen molar-refractivity contribution in [2.24, 2.45) is 0 Å². The van der Waals surface area contributed by atoms with E-state index in [1.165, 1.54) is 0 Å². The number of benzene rings is 10. The first kappa shape index (κ1) is 43.3. The van der Waals surface area contributed by atoms with E-state index in [-0.39, 0.29) is 0 Å². The highest BCUT2D eigenvalue weighted by Crippen LogP contribution is 2.41. The van der Waals surface area contributed by atoms with Gasteiger partial charge in [0.05, 0.1) is 57.0 Å². The summed E-state index contributed by atoms with van der Waals surface area (Å²) in [6.45, 7) is 0. The second kappa shape index (κ2) is 17.9. The molecule has 0 N–H and O–H groups in total. The summed E-state index contributed by atoms with van der Waals surface area (Å²) in [4.78, 5) is 16.1. The van der Waals surface area contributed by atoms with Gasteiger partial charge in [0.1, 0.15) is 0 Å². The fourth-order valence-corrected chi connectivity index (χ4v) is 10.5. The van der Waals surface area contributed by atoms with Crippen LogP contribution in [0, 0.1) is 34.0 Å². The van der Waals surface area contributed by atoms with Crippen molar-refractivity contribution in [2.75, 3.05) is 0 Å². The SMILES string of the molecule is N#Cc1cccc(-c2cccc(-c3nc(-c4ccc(-n5c6ccccc6c6ccccc65)cc4-c4cccc(C#N)c4)nc(-c4ccc(-n5c6ccccc6c6ccccc65)cc4-c4cccc(C#N)c4)n3)c2)c1. The summed E-state index contributed by atoms with van der Waals surface area (Å²) in [5.74, 6) is 1.29. The van der Waals surface area contributed by atoms with Gasteiger partial charge in [-0.1, -0.05) is 127 Å². The molecule has 8 heteroatoms. The van der Waals surface area contributed by atoms with Crippen molar-refractivity contribution in [3.63, 3.8) is 0 Å². The Morgan fingerprint density at radius 3 is 1.03 bits per heavy atom. The van der Waals surface area contributed by atoms with E-state index in [1.54, 1.807) is 6.07 Å². The second-order valence-corrected chi connectivity index (χ2v) is 18.2. The number of para-hydroxylation sites is 4. The standard InChI is InChI=1S/C66H38N8/c67-39-42-13-9-16-45(33-42)46-17-12-20-49(36-46)64-70-65(56-31-29-50(37-58(56)47-18-10-14-43(34-47)40-68)73-60-25-5-1-21-52(60)53-22-2-6-26-61(53)73)72-66(71-64)57-32-30-51(38-59(57)48-19-11-15-44(35-48)41-69)74-62-27-7-3-23-54(62)55-24-4-8-28-63(55)74/h1-38H. The van der Waals surface area contributed by atoms with Crippen LogP contribution in [0.4, 0.5) is 0 Å². The summed E-state index contributed by atoms with van der Waals surface area (Å²) in [5, 5.41) is 34.8. The Balaban J connectivity index is 1.08. The van der Waals surface area contributed by atoms with Crippen molar-refractivity contribution in [2.45, 2.75) is 0 Å². The number of rotatable bonds is 8. The van der Waals surface area contributed by atoms with Gasteiger partial charge in [0.2, 0.25) is 0 Å². The summed E-state index contributed by atoms with van der Waals surface area (Å²) >= 11 is 0. The zero-order valence-electron chi connectivity index (χ0n) is 39.5. The first-order valence-electron chi connectivity index (χ1n) is 24.2. The number of hydrogen-bond donors (Lipinski definition) is 0. The Hall–Kier alpha value is -10.7. The fraction of sp³-hybridized carbons (Fsp3) is 0. The smallest absolute Gasteiger partial charge is 0.164 e. The van der Waals surface area contributed by atoms with Crippen LogP contribution in [0.1, 0.15) is 16.7 Å². The lowest BCUT2D eigenvalue weighted by molar-refractivity contribution is 1.07. The topological polar surface area (TPSA) is 120 Å². The summed E-state index contributed by atoms with van der Waals surface area (Å²) in [7, 11) is 0. The Bertz CT molecular complexity index is 4210. The van der Waals surface area contributed by atoms with E-state index < -0.39 is 0 Å². The lowest BCUT2D eigenvalue weighted by atomic mass is 9.95. The van der Waals surface area contributed by atoms with E-state index >= 15 is 0 Å². The number of hydrogen-bond acceptors (Lipinski definition) is 6. The molecule has 3 aromatic heterocycles. The molecule has 3 heterocycles. The van der Waals surface area contributed by atoms with Crippen LogP contribution >= 0.6 is 0 Å². The van der Waals surface area contributed by atoms with Crippen molar-refractivity contribution in [3.8, 4) is 97.1 Å². The zero-order chi connectivity index (χ0) is 49.7. The molecule has 342 valence electrons. The average Bonchev–Trinajstić information content (AvgIpc) is 4.00. The normalized spacial score (nSPS) is 11.2. The maximum atomic E-state index is 10.2. The molecule has 0 bridgehead atoms. The predicted molar refractivity (Wildman–Crippen MR) is 295 cm³/mol. The molecule has 0 amide bonds. The van der Waals surface area contributed by atoms with Gasteiger partial charge in [0.25, 0.3) is 0 Å². The van der Waals surface area contributed by atoms with E-state index in [2.05, 4.69) is 161 Å². The number of nitriles is 3. The molecule has 0 saturated heterocycles. The van der Waals surface area contributed by atoms with Crippen LogP contribution in [0.15, 0.2) is 231 Å². The van der Waals surface area contributed by atoms with Gasteiger partial charge in [-0.3, -0.25) is 0 Å². The fourth-order valence-electron chi connectivity index (χ4n) is 10.5. The van der Waals surface area contributed by atoms with Crippen molar-refractivity contribution >= 4 is 43.6 Å². The Morgan fingerprint density at radius 2 is 0.608 bits per heavy atom. The van der Waals surface area contributed by atoms with Crippen molar-refractivity contribution in [1.82, 2.24) is 24.1 Å². The number of aromatic nitrogens is 5. The molecular formula is C66H38N8. The van der Waals surface area contributed by atoms with Crippen molar-refractivity contribution in [1.29, 1.82) is 15.8 Å². The van der Waals surface area contributed by atoms with Gasteiger partial charge in [0.15, 0.2) is 17.5 Å². The quantitative estimate of drug-likeness (QED) is 0.150. The maximum Gasteiger partial charge on any atom is 0.164 e. The largest absolute Gasteiger partial charge is 0.309 e. The highest BCUT2D eigenvalue weighted by Gasteiger charge is 2.22. The van der Waals surface area contributed by atoms with Crippen LogP contribution in [-0.2, 0) is 0 Å². The molecule has 0 spiro atoms. The van der Waals surface area contributed by atoms with E-state index in [9.17, 15) is 15.8 Å². The molecule has 8 nitrogen and oxygen atoms in total. The first-order valence-corrected chi connectivity index (χ1v) is 24.2. The molecule has 13 rings (SSSR count). The summed E-state index contributed by atoms with van der Waals surface area (Å²) in [6, 6.07) is 84.3. The van der Waals surface area contributed by atoms with Crippen LogP contribution in [0.3, 0.4) is 0 Å². The Labute approximate surface area is 425 Å². The highest BCUT2D eigenvalue weighted by molar-refractivity contribution is 6.10. The van der Waals surface area contributed by atoms with Crippen LogP contribution in [0.5, 0.6) is 0 Å². The van der Waals surface area contributed by atoms with Gasteiger partial charge in [-0.05, 0) is 137 Å². The highest BCUT2D eigenvalue weighted by atomic mass is 15.0. The van der Waals surface area contributed by atoms with E-state index in [1.807, 2.05) is 91.0 Å². The van der Waals surface area contributed by atoms with Gasteiger partial charge in [-0.15, -0.1) is 0 Å². The average molecular weight is 943 g/mol. The molecule has 0 aliphatic rings. The first-order chi connectivity index (χ1) is 36.5. The second-order valence-electron chi connectivity index (χ2n) is 18.2. The van der Waals surface area contributed by atoms with Gasteiger partial charge in [-0.2, -0.15) is 15.8 Å². The minimum Gasteiger partial charge on any atom is -0.309 e. The van der Waals surface area contributed by atoms with Gasteiger partial charge in [0, 0.05) is 49.6 Å². The third-order valence-electron chi connectivity index (χ3n) is 13.9. The molecule has 0 atom stereocenters. The minimum absolute atomic E-state index is 0.427. The third kappa shape index (κ3) is 7.42. The lowest BCUT2D eigenvalue weighted by Crippen LogP contribution is -2.04. The van der Waals surface area contributed by atoms with Crippen LogP contribution in [0.25, 0.3) is 123 Å². The maximum absolute atomic E-state index is 10.2. The van der Waals surface area contributed by atoms with Crippen LogP contribution < -0.4 is 0 Å². The summed E-state index contributed by atoms with van der Waals surface area (Å²) in [5.41, 5.74) is 15.1. The molecule has 0 aliphatic heterocycles. The number of fused-ring (bicyclic) bond motifs is 6. The Kier molecular flexibility index (Phi) is 10.5. The molecular weight excluding hydrogens is 905 g/mol. The molecule has 13 aromatic rings. The van der Waals surface area contributed by atoms with E-state index in [0.29, 0.717) is 34.2 Å². The third-order valence-corrected chi connectivity index (χ3v) is 13.9. The molecule has 0 aliphatic carbocycles. The molecule has 0 saturated carbocycles. The zero-order valence-corrected chi connectivity index (χ0v) is 39.5. The molecule has 0 radical (unpaired) electrons. The number of nitrogens with zero attached hydrogens (tertiary/aromatic N) is 8. The van der Waals surface area contributed by atoms with Gasteiger partial charge >= 0.3 is 0 Å². The van der Waals surface area contributed by atoms with Crippen molar-refractivity contribution in [3.05, 3.63) is 247 Å². The Morgan fingerprint density at radius 1 is 0.270 bits per heavy atom. The van der Waals surface area contributed by atoms with Crippen LogP contribution in [-0.4, -0.2) is 24.1 Å². The predicted octanol–water partition coefficient (Wildman–Crippen LogP) is 15.7. The molecule has 0 unspecified atom stereocenters. The molecule has 74 heavy (non-hydrogen) atoms. The monoisotopic (exact) mass is 942 g/mol. The minimum atomic E-state index is 0.427. The van der Waals surface area contributed by atoms with E-state index in [4.69, 9.17) is 15.0 Å². The van der Waals surface area contributed by atoms with Gasteiger partial charge in [-0.25, -0.2) is 15.0 Å². The van der Waals surface area contributed by atoms with Crippen molar-refractivity contribution < 1.29 is 0 Å².